The minimum Gasteiger partial charge on any atom is -0.415 e. The molecule has 0 aliphatic heterocycles. The molecule has 0 saturated heterocycles. The molecule has 0 atom stereocenters. The molecule has 0 unspecified atom stereocenters. The molecular formula is C12H28O4Si. The average Bonchev–Trinajstić information content (AvgIpc) is 2.15. The Morgan fingerprint density at radius 2 is 1.41 bits per heavy atom. The van der Waals surface area contributed by atoms with Crippen molar-refractivity contribution in [1.82, 2.24) is 0 Å². The van der Waals surface area contributed by atoms with Gasteiger partial charge >= 0.3 is 5.97 Å². The second-order valence-electron chi connectivity index (χ2n) is 5.04. The van der Waals surface area contributed by atoms with E-state index in [-0.39, 0.29) is 12.2 Å². The molecule has 0 aromatic heterocycles. The van der Waals surface area contributed by atoms with E-state index in [1.165, 1.54) is 0 Å². The SMILES string of the molecule is CCOC(OC(C)C)(OC(C)C)C(C)(C)O[SiH3]. The standard InChI is InChI=1S/C12H28O4Si/c1-8-13-12(14-9(2)3,15-10(4)5)11(6,7)16-17/h9-10H,8H2,1-7,17H3. The van der Waals surface area contributed by atoms with Gasteiger partial charge in [0.15, 0.2) is 0 Å². The second kappa shape index (κ2) is 6.85. The molecule has 0 bridgehead atoms. The van der Waals surface area contributed by atoms with Gasteiger partial charge in [0.2, 0.25) is 0 Å². The van der Waals surface area contributed by atoms with Crippen molar-refractivity contribution >= 4 is 10.5 Å². The van der Waals surface area contributed by atoms with E-state index in [0.29, 0.717) is 17.1 Å². The predicted octanol–water partition coefficient (Wildman–Crippen LogP) is 1.60. The normalized spacial score (nSPS) is 13.9. The maximum Gasteiger partial charge on any atom is 0.312 e. The summed E-state index contributed by atoms with van der Waals surface area (Å²) in [6.07, 6.45) is -0.00668. The van der Waals surface area contributed by atoms with Crippen LogP contribution in [-0.2, 0) is 18.6 Å². The van der Waals surface area contributed by atoms with Gasteiger partial charge < -0.3 is 18.6 Å². The lowest BCUT2D eigenvalue weighted by Crippen LogP contribution is -2.59. The first kappa shape index (κ1) is 17.1. The first-order valence-electron chi connectivity index (χ1n) is 6.25. The highest BCUT2D eigenvalue weighted by Crippen LogP contribution is 2.34. The molecule has 0 rings (SSSR count). The Balaban J connectivity index is 5.22. The Hall–Kier alpha value is 0.0569. The summed E-state index contributed by atoms with van der Waals surface area (Å²) in [5.41, 5.74) is -0.635. The van der Waals surface area contributed by atoms with Crippen LogP contribution >= 0.6 is 0 Å². The van der Waals surface area contributed by atoms with E-state index in [9.17, 15) is 0 Å². The molecule has 0 fully saturated rings. The summed E-state index contributed by atoms with van der Waals surface area (Å²) < 4.78 is 23.2. The van der Waals surface area contributed by atoms with E-state index in [4.69, 9.17) is 18.6 Å². The van der Waals surface area contributed by atoms with Crippen molar-refractivity contribution in [2.45, 2.75) is 72.2 Å². The van der Waals surface area contributed by atoms with Gasteiger partial charge in [0.1, 0.15) is 16.1 Å². The highest BCUT2D eigenvalue weighted by Gasteiger charge is 2.50. The van der Waals surface area contributed by atoms with Crippen LogP contribution in [0.4, 0.5) is 0 Å². The maximum absolute atomic E-state index is 5.90. The van der Waals surface area contributed by atoms with Crippen molar-refractivity contribution in [2.24, 2.45) is 0 Å². The maximum atomic E-state index is 5.90. The molecular weight excluding hydrogens is 236 g/mol. The second-order valence-corrected chi connectivity index (χ2v) is 5.45. The van der Waals surface area contributed by atoms with Crippen LogP contribution < -0.4 is 0 Å². The molecule has 0 aromatic rings. The molecule has 0 radical (unpaired) electrons. The molecule has 0 saturated carbocycles. The third-order valence-electron chi connectivity index (χ3n) is 2.36. The van der Waals surface area contributed by atoms with E-state index in [1.54, 1.807) is 0 Å². The minimum absolute atomic E-state index is 0.00334. The Kier molecular flexibility index (Phi) is 6.87. The molecule has 0 N–H and O–H groups in total. The number of hydrogen-bond acceptors (Lipinski definition) is 4. The fourth-order valence-electron chi connectivity index (χ4n) is 1.49. The van der Waals surface area contributed by atoms with Gasteiger partial charge in [0, 0.05) is 6.61 Å². The van der Waals surface area contributed by atoms with Crippen LogP contribution in [0.3, 0.4) is 0 Å². The van der Waals surface area contributed by atoms with Crippen LogP contribution in [-0.4, -0.2) is 40.9 Å². The van der Waals surface area contributed by atoms with E-state index < -0.39 is 11.6 Å². The molecule has 4 nitrogen and oxygen atoms in total. The Labute approximate surface area is 109 Å². The Bertz CT molecular complexity index is 207. The van der Waals surface area contributed by atoms with Gasteiger partial charge in [0.05, 0.1) is 12.2 Å². The fraction of sp³-hybridized carbons (Fsp3) is 1.00. The largest absolute Gasteiger partial charge is 0.415 e. The average molecular weight is 264 g/mol. The van der Waals surface area contributed by atoms with Crippen molar-refractivity contribution in [3.8, 4) is 0 Å². The lowest BCUT2D eigenvalue weighted by Gasteiger charge is -2.45. The summed E-state index contributed by atoms with van der Waals surface area (Å²) in [4.78, 5) is 0. The van der Waals surface area contributed by atoms with Crippen molar-refractivity contribution < 1.29 is 18.6 Å². The zero-order valence-corrected chi connectivity index (χ0v) is 14.5. The van der Waals surface area contributed by atoms with Gasteiger partial charge in [-0.05, 0) is 48.5 Å². The van der Waals surface area contributed by atoms with Crippen molar-refractivity contribution in [3.63, 3.8) is 0 Å². The highest BCUT2D eigenvalue weighted by molar-refractivity contribution is 5.98. The zero-order valence-electron chi connectivity index (χ0n) is 12.5. The van der Waals surface area contributed by atoms with Crippen LogP contribution in [0.1, 0.15) is 48.5 Å². The lowest BCUT2D eigenvalue weighted by molar-refractivity contribution is -0.445. The van der Waals surface area contributed by atoms with Crippen molar-refractivity contribution in [3.05, 3.63) is 0 Å². The molecule has 0 amide bonds. The number of ether oxygens (including phenoxy) is 3. The molecule has 0 aliphatic rings. The van der Waals surface area contributed by atoms with Gasteiger partial charge in [-0.3, -0.25) is 0 Å². The van der Waals surface area contributed by atoms with Gasteiger partial charge in [-0.15, -0.1) is 0 Å². The predicted molar refractivity (Wildman–Crippen MR) is 71.9 cm³/mol. The molecule has 0 heterocycles. The smallest absolute Gasteiger partial charge is 0.312 e. The number of hydrogen-bond donors (Lipinski definition) is 0. The molecule has 104 valence electrons. The fourth-order valence-corrected chi connectivity index (χ4v) is 1.74. The van der Waals surface area contributed by atoms with Crippen LogP contribution in [0.5, 0.6) is 0 Å². The van der Waals surface area contributed by atoms with Crippen molar-refractivity contribution in [2.75, 3.05) is 6.61 Å². The third-order valence-corrected chi connectivity index (χ3v) is 3.38. The van der Waals surface area contributed by atoms with Gasteiger partial charge in [-0.25, -0.2) is 0 Å². The van der Waals surface area contributed by atoms with E-state index in [1.807, 2.05) is 48.5 Å². The van der Waals surface area contributed by atoms with Gasteiger partial charge in [-0.2, -0.15) is 0 Å². The Morgan fingerprint density at radius 1 is 1.00 bits per heavy atom. The van der Waals surface area contributed by atoms with E-state index in [2.05, 4.69) is 0 Å². The minimum atomic E-state index is -1.15. The summed E-state index contributed by atoms with van der Waals surface area (Å²) in [5.74, 6) is -1.15. The first-order valence-corrected chi connectivity index (χ1v) is 7.07. The zero-order chi connectivity index (χ0) is 13.7. The number of rotatable bonds is 8. The molecule has 0 spiro atoms. The van der Waals surface area contributed by atoms with E-state index >= 15 is 0 Å². The highest BCUT2D eigenvalue weighted by atomic mass is 28.2. The van der Waals surface area contributed by atoms with Crippen LogP contribution in [0, 0.1) is 0 Å². The third kappa shape index (κ3) is 4.67. The quantitative estimate of drug-likeness (QED) is 0.493. The van der Waals surface area contributed by atoms with Crippen LogP contribution in [0.15, 0.2) is 0 Å². The summed E-state index contributed by atoms with van der Waals surface area (Å²) >= 11 is 0. The summed E-state index contributed by atoms with van der Waals surface area (Å²) in [7, 11) is 0.596. The summed E-state index contributed by atoms with van der Waals surface area (Å²) in [5, 5.41) is 0. The molecule has 0 aliphatic carbocycles. The Morgan fingerprint density at radius 3 is 1.65 bits per heavy atom. The topological polar surface area (TPSA) is 36.9 Å². The monoisotopic (exact) mass is 264 g/mol. The molecule has 17 heavy (non-hydrogen) atoms. The molecule has 0 aromatic carbocycles. The van der Waals surface area contributed by atoms with Crippen LogP contribution in [0.2, 0.25) is 0 Å². The first-order chi connectivity index (χ1) is 7.70. The van der Waals surface area contributed by atoms with Gasteiger partial charge in [-0.1, -0.05) is 0 Å². The summed E-state index contributed by atoms with van der Waals surface area (Å²) in [6, 6.07) is 0. The van der Waals surface area contributed by atoms with Gasteiger partial charge in [0.25, 0.3) is 0 Å². The lowest BCUT2D eigenvalue weighted by atomic mass is 10.1. The van der Waals surface area contributed by atoms with Crippen molar-refractivity contribution in [1.29, 1.82) is 0 Å². The summed E-state index contributed by atoms with van der Waals surface area (Å²) in [6.45, 7) is 14.1. The van der Waals surface area contributed by atoms with Crippen LogP contribution in [0.25, 0.3) is 0 Å². The molecule has 5 heteroatoms. The van der Waals surface area contributed by atoms with E-state index in [0.717, 1.165) is 0 Å².